The number of likely N-dealkylation sites (N-methyl/N-ethyl adjacent to an activating group) is 1. The van der Waals surface area contributed by atoms with E-state index in [-0.39, 0.29) is 11.6 Å². The molecule has 0 saturated carbocycles. The van der Waals surface area contributed by atoms with Crippen molar-refractivity contribution in [3.63, 3.8) is 0 Å². The molecule has 1 fully saturated rings. The van der Waals surface area contributed by atoms with E-state index in [1.54, 1.807) is 72.3 Å². The second kappa shape index (κ2) is 16.1. The number of piperidine rings is 1. The van der Waals surface area contributed by atoms with Crippen molar-refractivity contribution in [3.05, 3.63) is 114 Å². The van der Waals surface area contributed by atoms with Gasteiger partial charge in [-0.15, -0.1) is 20.4 Å². The van der Waals surface area contributed by atoms with Gasteiger partial charge in [0.2, 0.25) is 0 Å². The molecule has 0 radical (unpaired) electrons. The Labute approximate surface area is 344 Å². The predicted octanol–water partition coefficient (Wildman–Crippen LogP) is 9.23. The molecule has 4 aromatic heterocycles. The van der Waals surface area contributed by atoms with Gasteiger partial charge < -0.3 is 4.90 Å². The molecular formula is C46H44F4N10. The van der Waals surface area contributed by atoms with E-state index in [2.05, 4.69) is 60.3 Å². The highest BCUT2D eigenvalue weighted by Crippen LogP contribution is 2.34. The number of fused-ring (bicyclic) bond motifs is 4. The maximum atomic E-state index is 15.0. The fourth-order valence-electron chi connectivity index (χ4n) is 8.49. The van der Waals surface area contributed by atoms with Gasteiger partial charge in [0.05, 0.1) is 22.4 Å². The van der Waals surface area contributed by atoms with Crippen LogP contribution in [0.3, 0.4) is 0 Å². The highest BCUT2D eigenvalue weighted by Gasteiger charge is 2.22. The van der Waals surface area contributed by atoms with Crippen LogP contribution in [-0.2, 0) is 14.1 Å². The number of hydrogen-bond acceptors (Lipinski definition) is 8. The van der Waals surface area contributed by atoms with Crippen molar-refractivity contribution in [1.29, 1.82) is 0 Å². The molecule has 6 heterocycles. The third-order valence-electron chi connectivity index (χ3n) is 11.9. The van der Waals surface area contributed by atoms with E-state index in [4.69, 9.17) is 0 Å². The molecule has 0 unspecified atom stereocenters. The smallest absolute Gasteiger partial charge is 0.151 e. The van der Waals surface area contributed by atoms with Crippen LogP contribution >= 0.6 is 0 Å². The molecule has 14 heteroatoms. The number of aryl methyl sites for hydroxylation is 2. The molecule has 0 aliphatic carbocycles. The Kier molecular flexibility index (Phi) is 10.6. The van der Waals surface area contributed by atoms with Gasteiger partial charge >= 0.3 is 0 Å². The molecule has 10 rings (SSSR count). The zero-order valence-corrected chi connectivity index (χ0v) is 33.9. The zero-order chi connectivity index (χ0) is 41.7. The molecule has 8 aromatic rings. The van der Waals surface area contributed by atoms with E-state index in [0.717, 1.165) is 75.2 Å². The molecule has 0 bridgehead atoms. The molecule has 306 valence electrons. The number of halogens is 4. The van der Waals surface area contributed by atoms with Gasteiger partial charge in [-0.2, -0.15) is 10.2 Å². The van der Waals surface area contributed by atoms with Crippen molar-refractivity contribution in [1.82, 2.24) is 49.8 Å². The molecule has 10 nitrogen and oxygen atoms in total. The minimum Gasteiger partial charge on any atom is -0.304 e. The van der Waals surface area contributed by atoms with E-state index < -0.39 is 11.6 Å². The molecule has 0 amide bonds. The van der Waals surface area contributed by atoms with Gasteiger partial charge in [-0.25, -0.2) is 17.6 Å². The Bertz CT molecular complexity index is 2950. The minimum atomic E-state index is -0.439. The molecule has 1 saturated heterocycles. The monoisotopic (exact) mass is 812 g/mol. The number of likely N-dealkylation sites (tertiary alicyclic amines) is 1. The molecule has 2 aliphatic rings. The first kappa shape index (κ1) is 39.3. The Morgan fingerprint density at radius 1 is 0.567 bits per heavy atom. The second-order valence-electron chi connectivity index (χ2n) is 15.8. The van der Waals surface area contributed by atoms with Gasteiger partial charge in [0.1, 0.15) is 22.7 Å². The van der Waals surface area contributed by atoms with E-state index in [1.165, 1.54) is 12.1 Å². The fourth-order valence-corrected chi connectivity index (χ4v) is 8.49. The fraction of sp³-hybridized carbons (Fsp3) is 0.304. The summed E-state index contributed by atoms with van der Waals surface area (Å²) in [6.45, 7) is 10.3. The molecule has 4 aromatic carbocycles. The number of rotatable bonds is 6. The molecule has 2 aliphatic heterocycles. The van der Waals surface area contributed by atoms with E-state index in [0.29, 0.717) is 72.0 Å². The van der Waals surface area contributed by atoms with Gasteiger partial charge in [0.25, 0.3) is 0 Å². The third kappa shape index (κ3) is 7.72. The maximum absolute atomic E-state index is 15.0. The van der Waals surface area contributed by atoms with Crippen molar-refractivity contribution >= 4 is 49.2 Å². The summed E-state index contributed by atoms with van der Waals surface area (Å²) in [4.78, 5) is 4.75. The van der Waals surface area contributed by atoms with Crippen LogP contribution in [0.1, 0.15) is 50.2 Å². The summed E-state index contributed by atoms with van der Waals surface area (Å²) >= 11 is 0. The first-order chi connectivity index (χ1) is 29.0. The Balaban J connectivity index is 0.000000154. The number of aromatic nitrogens is 8. The Morgan fingerprint density at radius 2 is 1.10 bits per heavy atom. The maximum Gasteiger partial charge on any atom is 0.151 e. The topological polar surface area (TPSA) is 93.7 Å². The summed E-state index contributed by atoms with van der Waals surface area (Å²) in [6.07, 6.45) is 8.56. The highest BCUT2D eigenvalue weighted by atomic mass is 19.1. The van der Waals surface area contributed by atoms with E-state index in [1.807, 2.05) is 12.1 Å². The van der Waals surface area contributed by atoms with Gasteiger partial charge in [0, 0.05) is 72.3 Å². The summed E-state index contributed by atoms with van der Waals surface area (Å²) in [5, 5.41) is 27.4. The molecule has 0 atom stereocenters. The Morgan fingerprint density at radius 3 is 1.63 bits per heavy atom. The molecule has 0 N–H and O–H groups in total. The first-order valence-electron chi connectivity index (χ1n) is 20.4. The SMILES string of the molecule is CCN1CC=C(c2cc(F)c3cc(-c4cc(F)c5nn(C)cc5c4)nnc3c2)CC1.CCN1CCC(c2cc(F)c3cc(-c4cc(F)c5nn(C)cc5c4)nnc3c2)CC1. The lowest BCUT2D eigenvalue weighted by molar-refractivity contribution is 0.222. The largest absolute Gasteiger partial charge is 0.304 e. The van der Waals surface area contributed by atoms with Gasteiger partial charge in [-0.1, -0.05) is 19.9 Å². The van der Waals surface area contributed by atoms with Crippen molar-refractivity contribution < 1.29 is 17.6 Å². The van der Waals surface area contributed by atoms with Gasteiger partial charge in [-0.05, 0) is 129 Å². The summed E-state index contributed by atoms with van der Waals surface area (Å²) in [5.74, 6) is -1.18. The zero-order valence-electron chi connectivity index (χ0n) is 33.9. The number of hydrogen-bond donors (Lipinski definition) is 0. The molecular weight excluding hydrogens is 769 g/mol. The average Bonchev–Trinajstić information content (AvgIpc) is 3.85. The van der Waals surface area contributed by atoms with Gasteiger partial charge in [-0.3, -0.25) is 14.3 Å². The van der Waals surface area contributed by atoms with Crippen LogP contribution in [0.15, 0.2) is 79.1 Å². The van der Waals surface area contributed by atoms with E-state index >= 15 is 4.39 Å². The van der Waals surface area contributed by atoms with Crippen LogP contribution in [0, 0.1) is 23.3 Å². The van der Waals surface area contributed by atoms with Crippen molar-refractivity contribution in [2.75, 3.05) is 39.3 Å². The second-order valence-corrected chi connectivity index (χ2v) is 15.8. The summed E-state index contributed by atoms with van der Waals surface area (Å²) < 4.78 is 62.0. The van der Waals surface area contributed by atoms with Crippen molar-refractivity contribution in [2.24, 2.45) is 14.1 Å². The normalized spacial score (nSPS) is 15.6. The van der Waals surface area contributed by atoms with Crippen LogP contribution < -0.4 is 0 Å². The van der Waals surface area contributed by atoms with Crippen molar-refractivity contribution in [3.8, 4) is 22.5 Å². The van der Waals surface area contributed by atoms with Crippen LogP contribution in [-0.4, -0.2) is 89.0 Å². The van der Waals surface area contributed by atoms with Crippen LogP contribution in [0.5, 0.6) is 0 Å². The van der Waals surface area contributed by atoms with Crippen LogP contribution in [0.25, 0.3) is 71.7 Å². The minimum absolute atomic E-state index is 0.299. The average molecular weight is 813 g/mol. The lowest BCUT2D eigenvalue weighted by Crippen LogP contribution is -2.32. The lowest BCUT2D eigenvalue weighted by Gasteiger charge is -2.31. The van der Waals surface area contributed by atoms with Crippen molar-refractivity contribution in [2.45, 2.75) is 39.0 Å². The standard InChI is InChI=1S/C23H23F2N5.C23H21F2N5/c2*1-3-30-6-4-14(5-7-30)15-9-19(24)18-12-21(26-27-22(18)11-15)16-8-17-13-29(2)28-23(17)20(25)10-16/h8-14H,3-7H2,1-2H3;4,8-13H,3,5-7H2,1-2H3. The lowest BCUT2D eigenvalue weighted by atomic mass is 9.88. The first-order valence-corrected chi connectivity index (χ1v) is 20.4. The van der Waals surface area contributed by atoms with Crippen LogP contribution in [0.2, 0.25) is 0 Å². The quantitative estimate of drug-likeness (QED) is 0.154. The summed E-state index contributed by atoms with van der Waals surface area (Å²) in [7, 11) is 3.48. The summed E-state index contributed by atoms with van der Waals surface area (Å²) in [5.41, 5.74) is 6.57. The third-order valence-corrected chi connectivity index (χ3v) is 11.9. The molecule has 0 spiro atoms. The number of nitrogens with zero attached hydrogens (tertiary/aromatic N) is 10. The predicted molar refractivity (Wildman–Crippen MR) is 227 cm³/mol. The Hall–Kier alpha value is -6.12. The van der Waals surface area contributed by atoms with Crippen LogP contribution in [0.4, 0.5) is 17.6 Å². The summed E-state index contributed by atoms with van der Waals surface area (Å²) in [6, 6.07) is 16.6. The van der Waals surface area contributed by atoms with Gasteiger partial charge in [0.15, 0.2) is 11.6 Å². The van der Waals surface area contributed by atoms with E-state index in [9.17, 15) is 13.2 Å². The highest BCUT2D eigenvalue weighted by molar-refractivity contribution is 5.90. The molecule has 60 heavy (non-hydrogen) atoms. The number of benzene rings is 4.